The van der Waals surface area contributed by atoms with Gasteiger partial charge in [-0.3, -0.25) is 0 Å². The summed E-state index contributed by atoms with van der Waals surface area (Å²) in [5, 5.41) is 0. The van der Waals surface area contributed by atoms with Crippen LogP contribution in [0.2, 0.25) is 0 Å². The van der Waals surface area contributed by atoms with Gasteiger partial charge >= 0.3 is 0 Å². The average Bonchev–Trinajstić information content (AvgIpc) is 2.21. The summed E-state index contributed by atoms with van der Waals surface area (Å²) in [4.78, 5) is 0. The fourth-order valence-corrected chi connectivity index (χ4v) is 0.857. The summed E-state index contributed by atoms with van der Waals surface area (Å²) in [5.74, 6) is 0. The normalized spacial score (nSPS) is 11.1. The molecule has 0 spiro atoms. The van der Waals surface area contributed by atoms with Crippen molar-refractivity contribution >= 4 is 0 Å². The number of hydrogen-bond donors (Lipinski definition) is 0. The van der Waals surface area contributed by atoms with E-state index < -0.39 is 0 Å². The van der Waals surface area contributed by atoms with Gasteiger partial charge in [-0.1, -0.05) is 20.8 Å². The Kier molecular flexibility index (Phi) is 10.9. The molecule has 0 saturated carbocycles. The molecule has 0 saturated heterocycles. The Hall–Kier alpha value is -0.120. The first-order valence-corrected chi connectivity index (χ1v) is 5.54. The smallest absolute Gasteiger partial charge is 0.250 e. The highest BCUT2D eigenvalue weighted by molar-refractivity contribution is 4.63. The number of hydrogen-bond acceptors (Lipinski definition) is 3. The second-order valence-corrected chi connectivity index (χ2v) is 3.12. The molecule has 0 aliphatic heterocycles. The summed E-state index contributed by atoms with van der Waals surface area (Å²) in [6, 6.07) is 0. The van der Waals surface area contributed by atoms with Crippen LogP contribution in [0, 0.1) is 6.29 Å². The van der Waals surface area contributed by atoms with Crippen LogP contribution >= 0.6 is 0 Å². The van der Waals surface area contributed by atoms with Crippen LogP contribution < -0.4 is 0 Å². The van der Waals surface area contributed by atoms with Gasteiger partial charge in [0.25, 0.3) is 0 Å². The predicted molar refractivity (Wildman–Crippen MR) is 56.8 cm³/mol. The maximum atomic E-state index is 5.41. The fraction of sp³-hybridized carbons (Fsp3) is 0.909. The van der Waals surface area contributed by atoms with Crippen LogP contribution in [-0.4, -0.2) is 26.4 Å². The molecule has 0 bridgehead atoms. The molecule has 1 radical (unpaired) electrons. The van der Waals surface area contributed by atoms with Gasteiger partial charge in [0.15, 0.2) is 0 Å². The van der Waals surface area contributed by atoms with Gasteiger partial charge in [-0.15, -0.1) is 0 Å². The second kappa shape index (κ2) is 11.0. The molecule has 0 heterocycles. The van der Waals surface area contributed by atoms with Crippen molar-refractivity contribution in [3.63, 3.8) is 0 Å². The Labute approximate surface area is 87.7 Å². The van der Waals surface area contributed by atoms with Crippen molar-refractivity contribution in [2.24, 2.45) is 0 Å². The van der Waals surface area contributed by atoms with Gasteiger partial charge in [0.05, 0.1) is 13.2 Å². The van der Waals surface area contributed by atoms with Crippen LogP contribution in [0.4, 0.5) is 0 Å². The summed E-state index contributed by atoms with van der Waals surface area (Å²) in [6.07, 6.45) is 3.64. The summed E-state index contributed by atoms with van der Waals surface area (Å²) in [5.41, 5.74) is 0. The van der Waals surface area contributed by atoms with Gasteiger partial charge in [0, 0.05) is 6.61 Å². The van der Waals surface area contributed by atoms with Crippen LogP contribution in [0.25, 0.3) is 0 Å². The lowest BCUT2D eigenvalue weighted by molar-refractivity contribution is -0.0842. The third-order valence-electron chi connectivity index (χ3n) is 1.50. The van der Waals surface area contributed by atoms with E-state index in [0.717, 1.165) is 25.9 Å². The Balaban J connectivity index is 3.49. The predicted octanol–water partition coefficient (Wildman–Crippen LogP) is 2.76. The summed E-state index contributed by atoms with van der Waals surface area (Å²) >= 11 is 0. The molecule has 0 aromatic rings. The van der Waals surface area contributed by atoms with Gasteiger partial charge in [-0.25, -0.2) is 0 Å². The quantitative estimate of drug-likeness (QED) is 0.511. The summed E-state index contributed by atoms with van der Waals surface area (Å²) in [6.45, 7) is 8.86. The van der Waals surface area contributed by atoms with Gasteiger partial charge in [0.1, 0.15) is 6.61 Å². The highest BCUT2D eigenvalue weighted by atomic mass is 16.7. The van der Waals surface area contributed by atoms with Crippen LogP contribution in [0.1, 0.15) is 40.0 Å². The van der Waals surface area contributed by atoms with Crippen LogP contribution in [0.15, 0.2) is 0 Å². The van der Waals surface area contributed by atoms with E-state index in [1.165, 1.54) is 0 Å². The van der Waals surface area contributed by atoms with E-state index in [4.69, 9.17) is 14.2 Å². The molecular weight excluding hydrogens is 180 g/mol. The number of ether oxygens (including phenoxy) is 3. The van der Waals surface area contributed by atoms with E-state index in [-0.39, 0.29) is 0 Å². The minimum atomic E-state index is 0.466. The molecule has 0 amide bonds. The molecule has 3 nitrogen and oxygen atoms in total. The first-order valence-electron chi connectivity index (χ1n) is 5.54. The number of rotatable bonds is 10. The van der Waals surface area contributed by atoms with Crippen LogP contribution in [-0.2, 0) is 14.2 Å². The maximum Gasteiger partial charge on any atom is 0.250 e. The van der Waals surface area contributed by atoms with Gasteiger partial charge in [-0.2, -0.15) is 0 Å². The Morgan fingerprint density at radius 1 is 0.786 bits per heavy atom. The fourth-order valence-electron chi connectivity index (χ4n) is 0.857. The van der Waals surface area contributed by atoms with Crippen molar-refractivity contribution in [1.29, 1.82) is 0 Å². The third-order valence-corrected chi connectivity index (χ3v) is 1.50. The molecule has 0 aromatic carbocycles. The molecule has 85 valence electrons. The van der Waals surface area contributed by atoms with E-state index in [1.54, 1.807) is 0 Å². The molecule has 0 atom stereocenters. The van der Waals surface area contributed by atoms with E-state index in [1.807, 2.05) is 0 Å². The first kappa shape index (κ1) is 13.9. The molecule has 0 rings (SSSR count). The van der Waals surface area contributed by atoms with Crippen molar-refractivity contribution in [1.82, 2.24) is 0 Å². The lowest BCUT2D eigenvalue weighted by Gasteiger charge is -2.15. The zero-order valence-electron chi connectivity index (χ0n) is 9.67. The minimum absolute atomic E-state index is 0.466. The molecule has 0 N–H and O–H groups in total. The van der Waals surface area contributed by atoms with E-state index in [9.17, 15) is 0 Å². The van der Waals surface area contributed by atoms with Crippen molar-refractivity contribution in [3.8, 4) is 0 Å². The SMILES string of the molecule is CCCOC[C](OCCC)OCCC. The second-order valence-electron chi connectivity index (χ2n) is 3.12. The summed E-state index contributed by atoms with van der Waals surface area (Å²) in [7, 11) is 0. The zero-order valence-corrected chi connectivity index (χ0v) is 9.67. The Bertz CT molecular complexity index is 98.7. The molecule has 14 heavy (non-hydrogen) atoms. The topological polar surface area (TPSA) is 27.7 Å². The standard InChI is InChI=1S/C11H23O3/c1-4-7-12-10-11(13-8-5-2)14-9-6-3/h4-10H2,1-3H3. The lowest BCUT2D eigenvalue weighted by atomic mass is 10.5. The van der Waals surface area contributed by atoms with Gasteiger partial charge < -0.3 is 14.2 Å². The molecule has 0 aliphatic carbocycles. The zero-order chi connectivity index (χ0) is 10.6. The molecule has 0 unspecified atom stereocenters. The first-order chi connectivity index (χ1) is 6.85. The maximum absolute atomic E-state index is 5.41. The Morgan fingerprint density at radius 3 is 1.71 bits per heavy atom. The highest BCUT2D eigenvalue weighted by Crippen LogP contribution is 2.07. The average molecular weight is 203 g/mol. The van der Waals surface area contributed by atoms with Crippen molar-refractivity contribution in [2.45, 2.75) is 40.0 Å². The molecule has 0 fully saturated rings. The molecular formula is C11H23O3. The van der Waals surface area contributed by atoms with Gasteiger partial charge in [-0.05, 0) is 19.3 Å². The van der Waals surface area contributed by atoms with E-state index >= 15 is 0 Å². The van der Waals surface area contributed by atoms with Crippen LogP contribution in [0.5, 0.6) is 0 Å². The van der Waals surface area contributed by atoms with Crippen molar-refractivity contribution < 1.29 is 14.2 Å². The molecule has 0 aliphatic rings. The molecule has 3 heteroatoms. The largest absolute Gasteiger partial charge is 0.376 e. The lowest BCUT2D eigenvalue weighted by Crippen LogP contribution is -2.16. The van der Waals surface area contributed by atoms with Crippen LogP contribution in [0.3, 0.4) is 0 Å². The van der Waals surface area contributed by atoms with Crippen molar-refractivity contribution in [2.75, 3.05) is 26.4 Å². The summed E-state index contributed by atoms with van der Waals surface area (Å²) < 4.78 is 16.2. The third kappa shape index (κ3) is 8.48. The highest BCUT2D eigenvalue weighted by Gasteiger charge is 2.10. The Morgan fingerprint density at radius 2 is 1.29 bits per heavy atom. The van der Waals surface area contributed by atoms with Gasteiger partial charge in [0.2, 0.25) is 6.29 Å². The minimum Gasteiger partial charge on any atom is -0.376 e. The molecule has 0 aromatic heterocycles. The van der Waals surface area contributed by atoms with E-state index in [2.05, 4.69) is 20.8 Å². The monoisotopic (exact) mass is 203 g/mol. The van der Waals surface area contributed by atoms with E-state index in [0.29, 0.717) is 26.1 Å². The van der Waals surface area contributed by atoms with Crippen molar-refractivity contribution in [3.05, 3.63) is 6.29 Å².